The Labute approximate surface area is 120 Å². The molecule has 0 aliphatic rings. The van der Waals surface area contributed by atoms with Gasteiger partial charge in [0, 0.05) is 18.9 Å². The number of nitrogens with zero attached hydrogens (tertiary/aromatic N) is 2. The Balaban J connectivity index is 2.19. The summed E-state index contributed by atoms with van der Waals surface area (Å²) in [5, 5.41) is 0. The summed E-state index contributed by atoms with van der Waals surface area (Å²) in [7, 11) is -3.58. The normalized spacial score (nSPS) is 11.7. The molecule has 0 unspecified atom stereocenters. The molecule has 2 heterocycles. The number of hydrogen-bond donors (Lipinski definition) is 1. The zero-order chi connectivity index (χ0) is 14.0. The van der Waals surface area contributed by atoms with Gasteiger partial charge >= 0.3 is 0 Å². The lowest BCUT2D eigenvalue weighted by atomic mass is 10.2. The van der Waals surface area contributed by atoms with Crippen LogP contribution in [0.1, 0.15) is 16.8 Å². The molecule has 1 N–H and O–H groups in total. The average molecular weight is 318 g/mol. The summed E-state index contributed by atoms with van der Waals surface area (Å²) < 4.78 is 27.2. The van der Waals surface area contributed by atoms with Crippen LogP contribution in [0, 0.1) is 13.8 Å². The second-order valence-electron chi connectivity index (χ2n) is 3.97. The van der Waals surface area contributed by atoms with E-state index < -0.39 is 10.0 Å². The summed E-state index contributed by atoms with van der Waals surface area (Å²) in [5.41, 5.74) is 2.23. The third-order valence-electron chi connectivity index (χ3n) is 2.56. The van der Waals surface area contributed by atoms with Gasteiger partial charge in [-0.2, -0.15) is 0 Å². The molecule has 0 saturated carbocycles. The number of pyridine rings is 1. The fraction of sp³-hybridized carbons (Fsp3) is 0.273. The van der Waals surface area contributed by atoms with Crippen LogP contribution >= 0.6 is 22.9 Å². The van der Waals surface area contributed by atoms with E-state index in [0.717, 1.165) is 22.5 Å². The monoisotopic (exact) mass is 317 g/mol. The van der Waals surface area contributed by atoms with Gasteiger partial charge in [-0.05, 0) is 31.0 Å². The van der Waals surface area contributed by atoms with Crippen LogP contribution in [-0.2, 0) is 16.6 Å². The molecule has 0 bridgehead atoms. The molecule has 0 aliphatic carbocycles. The number of thiazole rings is 1. The number of rotatable bonds is 4. The highest BCUT2D eigenvalue weighted by atomic mass is 35.5. The van der Waals surface area contributed by atoms with Gasteiger partial charge in [0.15, 0.2) is 8.68 Å². The second kappa shape index (κ2) is 5.54. The van der Waals surface area contributed by atoms with E-state index in [9.17, 15) is 8.42 Å². The maximum atomic E-state index is 12.1. The number of aromatic nitrogens is 2. The lowest BCUT2D eigenvalue weighted by Gasteiger charge is -2.07. The van der Waals surface area contributed by atoms with Crippen LogP contribution in [-0.4, -0.2) is 18.4 Å². The first-order valence-electron chi connectivity index (χ1n) is 5.42. The average Bonchev–Trinajstić information content (AvgIpc) is 2.68. The first-order chi connectivity index (χ1) is 8.90. The Morgan fingerprint density at radius 3 is 2.74 bits per heavy atom. The lowest BCUT2D eigenvalue weighted by molar-refractivity contribution is 0.582. The summed E-state index contributed by atoms with van der Waals surface area (Å²) >= 11 is 6.67. The lowest BCUT2D eigenvalue weighted by Crippen LogP contribution is -2.23. The van der Waals surface area contributed by atoms with Gasteiger partial charge in [-0.15, -0.1) is 0 Å². The molecule has 102 valence electrons. The van der Waals surface area contributed by atoms with Gasteiger partial charge in [-0.25, -0.2) is 18.1 Å². The number of hydrogen-bond acceptors (Lipinski definition) is 5. The Bertz CT molecular complexity index is 698. The maximum Gasteiger partial charge on any atom is 0.252 e. The van der Waals surface area contributed by atoms with Crippen LogP contribution in [0.25, 0.3) is 0 Å². The topological polar surface area (TPSA) is 72.0 Å². The Kier molecular flexibility index (Phi) is 4.19. The van der Waals surface area contributed by atoms with E-state index in [1.807, 2.05) is 6.92 Å². The number of aryl methyl sites for hydroxylation is 2. The van der Waals surface area contributed by atoms with E-state index in [-0.39, 0.29) is 15.2 Å². The smallest absolute Gasteiger partial charge is 0.252 e. The van der Waals surface area contributed by atoms with E-state index in [2.05, 4.69) is 14.7 Å². The predicted molar refractivity (Wildman–Crippen MR) is 74.9 cm³/mol. The molecule has 0 aliphatic heterocycles. The van der Waals surface area contributed by atoms with E-state index in [1.165, 1.54) is 0 Å². The molecule has 2 aromatic heterocycles. The van der Waals surface area contributed by atoms with E-state index >= 15 is 0 Å². The van der Waals surface area contributed by atoms with Gasteiger partial charge in [-0.3, -0.25) is 4.98 Å². The molecule has 5 nitrogen and oxygen atoms in total. The van der Waals surface area contributed by atoms with Gasteiger partial charge in [0.25, 0.3) is 10.0 Å². The molecule has 0 fully saturated rings. The maximum absolute atomic E-state index is 12.1. The summed E-state index contributed by atoms with van der Waals surface area (Å²) in [4.78, 5) is 7.87. The molecular weight excluding hydrogens is 306 g/mol. The molecule has 19 heavy (non-hydrogen) atoms. The highest BCUT2D eigenvalue weighted by Gasteiger charge is 2.21. The third kappa shape index (κ3) is 3.30. The van der Waals surface area contributed by atoms with E-state index in [1.54, 1.807) is 25.4 Å². The molecule has 0 saturated heterocycles. The fourth-order valence-corrected chi connectivity index (χ4v) is 4.33. The highest BCUT2D eigenvalue weighted by Crippen LogP contribution is 2.26. The van der Waals surface area contributed by atoms with Crippen molar-refractivity contribution in [1.29, 1.82) is 0 Å². The molecule has 2 rings (SSSR count). The van der Waals surface area contributed by atoms with Gasteiger partial charge in [0.2, 0.25) is 0 Å². The van der Waals surface area contributed by atoms with Crippen molar-refractivity contribution >= 4 is 33.0 Å². The summed E-state index contributed by atoms with van der Waals surface area (Å²) in [6.45, 7) is 3.71. The van der Waals surface area contributed by atoms with Crippen molar-refractivity contribution in [3.8, 4) is 0 Å². The first-order valence-corrected chi connectivity index (χ1v) is 8.10. The zero-order valence-electron chi connectivity index (χ0n) is 10.3. The van der Waals surface area contributed by atoms with Crippen molar-refractivity contribution in [1.82, 2.24) is 14.7 Å². The van der Waals surface area contributed by atoms with E-state index in [0.29, 0.717) is 5.69 Å². The van der Waals surface area contributed by atoms with E-state index in [4.69, 9.17) is 11.6 Å². The number of sulfonamides is 1. The molecule has 0 radical (unpaired) electrons. The van der Waals surface area contributed by atoms with Gasteiger partial charge in [0.1, 0.15) is 0 Å². The van der Waals surface area contributed by atoms with Crippen LogP contribution in [0.4, 0.5) is 0 Å². The predicted octanol–water partition coefficient (Wildman–Crippen LogP) is 2.29. The Morgan fingerprint density at radius 1 is 1.42 bits per heavy atom. The van der Waals surface area contributed by atoms with Gasteiger partial charge < -0.3 is 0 Å². The molecule has 0 spiro atoms. The number of nitrogens with one attached hydrogen (secondary N) is 1. The molecule has 0 atom stereocenters. The summed E-state index contributed by atoms with van der Waals surface area (Å²) in [5.74, 6) is 0. The largest absolute Gasteiger partial charge is 0.264 e. The van der Waals surface area contributed by atoms with Crippen molar-refractivity contribution in [3.63, 3.8) is 0 Å². The standard InChI is InChI=1S/C11H12ClN3O2S2/c1-7-5-13-4-3-9(7)6-14-19(16,17)10-8(2)15-11(12)18-10/h3-5,14H,6H2,1-2H3. The Morgan fingerprint density at radius 2 is 2.16 bits per heavy atom. The first kappa shape index (κ1) is 14.4. The minimum atomic E-state index is -3.58. The summed E-state index contributed by atoms with van der Waals surface area (Å²) in [6, 6.07) is 1.78. The van der Waals surface area contributed by atoms with Crippen molar-refractivity contribution in [2.24, 2.45) is 0 Å². The molecule has 0 amide bonds. The highest BCUT2D eigenvalue weighted by molar-refractivity contribution is 7.91. The number of halogens is 1. The van der Waals surface area contributed by atoms with Crippen molar-refractivity contribution in [2.45, 2.75) is 24.6 Å². The van der Waals surface area contributed by atoms with Gasteiger partial charge in [0.05, 0.1) is 5.69 Å². The molecular formula is C11H12ClN3O2S2. The van der Waals surface area contributed by atoms with Crippen LogP contribution in [0.15, 0.2) is 22.7 Å². The van der Waals surface area contributed by atoms with Crippen LogP contribution in [0.2, 0.25) is 4.47 Å². The summed E-state index contributed by atoms with van der Waals surface area (Å²) in [6.07, 6.45) is 3.32. The second-order valence-corrected chi connectivity index (χ2v) is 7.51. The van der Waals surface area contributed by atoms with Crippen molar-refractivity contribution in [3.05, 3.63) is 39.7 Å². The fourth-order valence-electron chi connectivity index (χ4n) is 1.54. The Hall–Kier alpha value is -1.02. The van der Waals surface area contributed by atoms with Crippen molar-refractivity contribution < 1.29 is 8.42 Å². The third-order valence-corrected chi connectivity index (χ3v) is 5.83. The van der Waals surface area contributed by atoms with Crippen LogP contribution in [0.3, 0.4) is 0 Å². The minimum absolute atomic E-state index is 0.157. The van der Waals surface area contributed by atoms with Crippen LogP contribution in [0.5, 0.6) is 0 Å². The minimum Gasteiger partial charge on any atom is -0.264 e. The van der Waals surface area contributed by atoms with Crippen molar-refractivity contribution in [2.75, 3.05) is 0 Å². The zero-order valence-corrected chi connectivity index (χ0v) is 12.7. The molecule has 0 aromatic carbocycles. The quantitative estimate of drug-likeness (QED) is 0.939. The molecule has 2 aromatic rings. The van der Waals surface area contributed by atoms with Gasteiger partial charge in [-0.1, -0.05) is 22.9 Å². The van der Waals surface area contributed by atoms with Crippen LogP contribution < -0.4 is 4.72 Å². The SMILES string of the molecule is Cc1cnccc1CNS(=O)(=O)c1sc(Cl)nc1C. The molecule has 8 heteroatoms.